The molecule has 0 radical (unpaired) electrons. The first-order valence-corrected chi connectivity index (χ1v) is 6.20. The van der Waals surface area contributed by atoms with Crippen molar-refractivity contribution in [3.8, 4) is 0 Å². The summed E-state index contributed by atoms with van der Waals surface area (Å²) in [6.45, 7) is 0. The first-order chi connectivity index (χ1) is 6.08. The van der Waals surface area contributed by atoms with E-state index >= 15 is 0 Å². The van der Waals surface area contributed by atoms with Crippen LogP contribution < -0.4 is 0 Å². The van der Waals surface area contributed by atoms with E-state index in [0.717, 1.165) is 12.0 Å². The maximum absolute atomic E-state index is 10.8. The van der Waals surface area contributed by atoms with E-state index in [1.165, 1.54) is 6.26 Å². The molecule has 0 N–H and O–H groups in total. The summed E-state index contributed by atoms with van der Waals surface area (Å²) in [5.74, 6) is 0.259. The molecule has 13 heavy (non-hydrogen) atoms. The van der Waals surface area contributed by atoms with E-state index in [-0.39, 0.29) is 5.75 Å². The van der Waals surface area contributed by atoms with Crippen LogP contribution in [0.25, 0.3) is 0 Å². The van der Waals surface area contributed by atoms with Crippen molar-refractivity contribution in [3.63, 3.8) is 0 Å². The summed E-state index contributed by atoms with van der Waals surface area (Å²) >= 11 is 0. The van der Waals surface area contributed by atoms with E-state index in [1.54, 1.807) is 12.4 Å². The largest absolute Gasteiger partial charge is 0.265 e. The number of nitrogens with zero attached hydrogens (tertiary/aromatic N) is 1. The Labute approximate surface area is 78.7 Å². The Hall–Kier alpha value is -0.900. The van der Waals surface area contributed by atoms with Gasteiger partial charge in [-0.1, -0.05) is 0 Å². The summed E-state index contributed by atoms with van der Waals surface area (Å²) < 4.78 is 21.6. The van der Waals surface area contributed by atoms with Gasteiger partial charge in [0.1, 0.15) is 9.84 Å². The van der Waals surface area contributed by atoms with Crippen LogP contribution in [0.3, 0.4) is 0 Å². The van der Waals surface area contributed by atoms with Gasteiger partial charge in [-0.3, -0.25) is 4.98 Å². The quantitative estimate of drug-likeness (QED) is 0.728. The highest BCUT2D eigenvalue weighted by Crippen LogP contribution is 2.01. The molecule has 1 heterocycles. The molecule has 0 spiro atoms. The summed E-state index contributed by atoms with van der Waals surface area (Å²) in [4.78, 5) is 3.88. The highest BCUT2D eigenvalue weighted by Gasteiger charge is 2.01. The van der Waals surface area contributed by atoms with Crippen LogP contribution in [0.1, 0.15) is 12.0 Å². The number of hydrogen-bond acceptors (Lipinski definition) is 3. The van der Waals surface area contributed by atoms with Crippen LogP contribution in [0.4, 0.5) is 0 Å². The molecule has 72 valence electrons. The summed E-state index contributed by atoms with van der Waals surface area (Å²) in [6, 6.07) is 3.81. The number of aromatic nitrogens is 1. The second kappa shape index (κ2) is 4.37. The standard InChI is InChI=1S/C9H13NO2S/c1-13(11,12)8-2-3-9-4-6-10-7-5-9/h4-7H,2-3,8H2,1H3. The third-order valence-corrected chi connectivity index (χ3v) is 2.76. The van der Waals surface area contributed by atoms with Crippen molar-refractivity contribution in [1.29, 1.82) is 0 Å². The lowest BCUT2D eigenvalue weighted by molar-refractivity contribution is 0.599. The average molecular weight is 199 g/mol. The third kappa shape index (κ3) is 4.62. The third-order valence-electron chi connectivity index (χ3n) is 1.73. The molecule has 0 saturated heterocycles. The van der Waals surface area contributed by atoms with Gasteiger partial charge in [0.25, 0.3) is 0 Å². The monoisotopic (exact) mass is 199 g/mol. The number of rotatable bonds is 4. The zero-order valence-corrected chi connectivity index (χ0v) is 8.42. The molecule has 0 aliphatic rings. The van der Waals surface area contributed by atoms with Crippen LogP contribution in [-0.2, 0) is 16.3 Å². The van der Waals surface area contributed by atoms with Crippen LogP contribution in [0, 0.1) is 0 Å². The van der Waals surface area contributed by atoms with Gasteiger partial charge in [0.15, 0.2) is 0 Å². The minimum Gasteiger partial charge on any atom is -0.265 e. The summed E-state index contributed by atoms with van der Waals surface area (Å²) in [6.07, 6.45) is 6.18. The highest BCUT2D eigenvalue weighted by molar-refractivity contribution is 7.90. The summed E-state index contributed by atoms with van der Waals surface area (Å²) in [5, 5.41) is 0. The maximum Gasteiger partial charge on any atom is 0.147 e. The smallest absolute Gasteiger partial charge is 0.147 e. The highest BCUT2D eigenvalue weighted by atomic mass is 32.2. The van der Waals surface area contributed by atoms with Crippen LogP contribution in [0.2, 0.25) is 0 Å². The Balaban J connectivity index is 2.37. The fourth-order valence-corrected chi connectivity index (χ4v) is 1.76. The second-order valence-electron chi connectivity index (χ2n) is 3.09. The Morgan fingerprint density at radius 2 is 1.92 bits per heavy atom. The van der Waals surface area contributed by atoms with Gasteiger partial charge >= 0.3 is 0 Å². The van der Waals surface area contributed by atoms with Gasteiger partial charge < -0.3 is 0 Å². The Kier molecular flexibility index (Phi) is 3.42. The predicted octanol–water partition coefficient (Wildman–Crippen LogP) is 1.06. The van der Waals surface area contributed by atoms with Crippen molar-refractivity contribution in [3.05, 3.63) is 30.1 Å². The van der Waals surface area contributed by atoms with Gasteiger partial charge in [0, 0.05) is 18.6 Å². The first kappa shape index (κ1) is 10.2. The topological polar surface area (TPSA) is 47.0 Å². The number of pyridine rings is 1. The molecule has 0 atom stereocenters. The molecule has 3 nitrogen and oxygen atoms in total. The van der Waals surface area contributed by atoms with Crippen molar-refractivity contribution in [1.82, 2.24) is 4.98 Å². The molecule has 4 heteroatoms. The van der Waals surface area contributed by atoms with Crippen molar-refractivity contribution in [2.24, 2.45) is 0 Å². The fraction of sp³-hybridized carbons (Fsp3) is 0.444. The molecular formula is C9H13NO2S. The van der Waals surface area contributed by atoms with Crippen LogP contribution in [0.5, 0.6) is 0 Å². The molecule has 0 amide bonds. The van der Waals surface area contributed by atoms with Crippen molar-refractivity contribution >= 4 is 9.84 Å². The van der Waals surface area contributed by atoms with Crippen molar-refractivity contribution in [2.75, 3.05) is 12.0 Å². The minimum atomic E-state index is -2.81. The van der Waals surface area contributed by atoms with E-state index in [4.69, 9.17) is 0 Å². The van der Waals surface area contributed by atoms with Crippen molar-refractivity contribution in [2.45, 2.75) is 12.8 Å². The van der Waals surface area contributed by atoms with Gasteiger partial charge in [-0.15, -0.1) is 0 Å². The van der Waals surface area contributed by atoms with Gasteiger partial charge in [0.05, 0.1) is 5.75 Å². The predicted molar refractivity (Wildman–Crippen MR) is 52.3 cm³/mol. The number of aryl methyl sites for hydroxylation is 1. The van der Waals surface area contributed by atoms with Crippen LogP contribution >= 0.6 is 0 Å². The van der Waals surface area contributed by atoms with Gasteiger partial charge in [-0.2, -0.15) is 0 Å². The lowest BCUT2D eigenvalue weighted by Gasteiger charge is -1.99. The van der Waals surface area contributed by atoms with E-state index < -0.39 is 9.84 Å². The molecule has 1 aromatic heterocycles. The number of sulfone groups is 1. The van der Waals surface area contributed by atoms with Gasteiger partial charge in [-0.05, 0) is 30.5 Å². The van der Waals surface area contributed by atoms with Gasteiger partial charge in [0.2, 0.25) is 0 Å². The average Bonchev–Trinajstić information content (AvgIpc) is 2.04. The maximum atomic E-state index is 10.8. The molecule has 0 unspecified atom stereocenters. The molecule has 0 aliphatic carbocycles. The van der Waals surface area contributed by atoms with E-state index in [1.807, 2.05) is 12.1 Å². The van der Waals surface area contributed by atoms with E-state index in [0.29, 0.717) is 6.42 Å². The minimum absolute atomic E-state index is 0.259. The molecule has 0 saturated carbocycles. The SMILES string of the molecule is CS(=O)(=O)CCCc1ccncc1. The molecule has 0 bridgehead atoms. The second-order valence-corrected chi connectivity index (χ2v) is 5.35. The lowest BCUT2D eigenvalue weighted by atomic mass is 10.2. The zero-order valence-electron chi connectivity index (χ0n) is 7.60. The van der Waals surface area contributed by atoms with E-state index in [9.17, 15) is 8.42 Å². The molecule has 1 rings (SSSR count). The first-order valence-electron chi connectivity index (χ1n) is 4.14. The van der Waals surface area contributed by atoms with Crippen LogP contribution in [0.15, 0.2) is 24.5 Å². The lowest BCUT2D eigenvalue weighted by Crippen LogP contribution is -2.03. The Bertz CT molecular complexity index is 345. The summed E-state index contributed by atoms with van der Waals surface area (Å²) in [5.41, 5.74) is 1.14. The molecular weight excluding hydrogens is 186 g/mol. The Morgan fingerprint density at radius 3 is 2.46 bits per heavy atom. The number of hydrogen-bond donors (Lipinski definition) is 0. The van der Waals surface area contributed by atoms with Gasteiger partial charge in [-0.25, -0.2) is 8.42 Å². The molecule has 0 fully saturated rings. The van der Waals surface area contributed by atoms with Crippen molar-refractivity contribution < 1.29 is 8.42 Å². The Morgan fingerprint density at radius 1 is 1.31 bits per heavy atom. The summed E-state index contributed by atoms with van der Waals surface area (Å²) in [7, 11) is -2.81. The zero-order chi connectivity index (χ0) is 9.73. The molecule has 0 aromatic carbocycles. The fourth-order valence-electron chi connectivity index (χ4n) is 1.09. The van der Waals surface area contributed by atoms with Crippen LogP contribution in [-0.4, -0.2) is 25.4 Å². The normalized spacial score (nSPS) is 11.5. The molecule has 1 aromatic rings. The van der Waals surface area contributed by atoms with E-state index in [2.05, 4.69) is 4.98 Å². The molecule has 0 aliphatic heterocycles.